The molecule has 0 heterocycles. The highest BCUT2D eigenvalue weighted by molar-refractivity contribution is 8.00. The van der Waals surface area contributed by atoms with Crippen LogP contribution in [-0.4, -0.2) is 26.0 Å². The van der Waals surface area contributed by atoms with Crippen LogP contribution in [0, 0.1) is 0 Å². The van der Waals surface area contributed by atoms with E-state index in [1.807, 2.05) is 78.9 Å². The summed E-state index contributed by atoms with van der Waals surface area (Å²) >= 11 is 1.41. The first kappa shape index (κ1) is 24.9. The van der Waals surface area contributed by atoms with E-state index in [1.54, 1.807) is 24.3 Å². The minimum Gasteiger partial charge on any atom is -0.496 e. The van der Waals surface area contributed by atoms with Crippen LogP contribution in [0.2, 0.25) is 0 Å². The van der Waals surface area contributed by atoms with E-state index in [4.69, 9.17) is 9.47 Å². The number of benzene rings is 4. The molecular weight excluding hydrogens is 472 g/mol. The van der Waals surface area contributed by atoms with E-state index in [0.29, 0.717) is 22.7 Å². The SMILES string of the molecule is COc1cccc(OC)c1C(=O)Nc1cccc(SC(C(=O)Nc2ccccc2)c2ccccc2)c1. The predicted octanol–water partition coefficient (Wildman–Crippen LogP) is 6.43. The lowest BCUT2D eigenvalue weighted by Crippen LogP contribution is -2.19. The molecule has 0 fully saturated rings. The van der Waals surface area contributed by atoms with Gasteiger partial charge in [0.25, 0.3) is 5.91 Å². The lowest BCUT2D eigenvalue weighted by molar-refractivity contribution is -0.115. The zero-order chi connectivity index (χ0) is 25.3. The Balaban J connectivity index is 1.57. The van der Waals surface area contributed by atoms with E-state index < -0.39 is 5.25 Å². The third kappa shape index (κ3) is 6.06. The minimum atomic E-state index is -0.494. The maximum absolute atomic E-state index is 13.3. The highest BCUT2D eigenvalue weighted by atomic mass is 32.2. The average Bonchev–Trinajstić information content (AvgIpc) is 2.92. The smallest absolute Gasteiger partial charge is 0.263 e. The maximum Gasteiger partial charge on any atom is 0.263 e. The molecule has 4 aromatic carbocycles. The molecule has 1 unspecified atom stereocenters. The highest BCUT2D eigenvalue weighted by Crippen LogP contribution is 2.37. The Bertz CT molecular complexity index is 1310. The second-order valence-electron chi connectivity index (χ2n) is 7.78. The van der Waals surface area contributed by atoms with Gasteiger partial charge in [-0.15, -0.1) is 11.8 Å². The lowest BCUT2D eigenvalue weighted by atomic mass is 10.1. The van der Waals surface area contributed by atoms with E-state index >= 15 is 0 Å². The predicted molar refractivity (Wildman–Crippen MR) is 144 cm³/mol. The number of hydrogen-bond acceptors (Lipinski definition) is 5. The number of carbonyl (C=O) groups excluding carboxylic acids is 2. The van der Waals surface area contributed by atoms with Crippen LogP contribution in [0.3, 0.4) is 0 Å². The molecule has 0 spiro atoms. The highest BCUT2D eigenvalue weighted by Gasteiger charge is 2.23. The zero-order valence-corrected chi connectivity index (χ0v) is 20.8. The van der Waals surface area contributed by atoms with E-state index in [9.17, 15) is 9.59 Å². The Morgan fingerprint density at radius 1 is 0.694 bits per heavy atom. The largest absolute Gasteiger partial charge is 0.496 e. The Kier molecular flexibility index (Phi) is 8.26. The third-order valence-corrected chi connectivity index (χ3v) is 6.63. The summed E-state index contributed by atoms with van der Waals surface area (Å²) in [5.41, 5.74) is 2.51. The summed E-state index contributed by atoms with van der Waals surface area (Å²) in [6.07, 6.45) is 0. The van der Waals surface area contributed by atoms with Crippen molar-refractivity contribution in [1.29, 1.82) is 0 Å². The van der Waals surface area contributed by atoms with Gasteiger partial charge in [-0.1, -0.05) is 60.7 Å². The summed E-state index contributed by atoms with van der Waals surface area (Å²) in [6, 6.07) is 31.5. The van der Waals surface area contributed by atoms with Gasteiger partial charge in [0.15, 0.2) is 0 Å². The van der Waals surface area contributed by atoms with Gasteiger partial charge in [0.2, 0.25) is 5.91 Å². The van der Waals surface area contributed by atoms with E-state index in [2.05, 4.69) is 10.6 Å². The van der Waals surface area contributed by atoms with Gasteiger partial charge in [-0.05, 0) is 48.0 Å². The summed E-state index contributed by atoms with van der Waals surface area (Å²) in [5, 5.41) is 5.42. The van der Waals surface area contributed by atoms with Crippen molar-refractivity contribution < 1.29 is 19.1 Å². The summed E-state index contributed by atoms with van der Waals surface area (Å²) in [4.78, 5) is 27.2. The monoisotopic (exact) mass is 498 g/mol. The first-order valence-corrected chi connectivity index (χ1v) is 12.2. The van der Waals surface area contributed by atoms with Gasteiger partial charge >= 0.3 is 0 Å². The maximum atomic E-state index is 13.3. The van der Waals surface area contributed by atoms with Gasteiger partial charge in [-0.3, -0.25) is 9.59 Å². The van der Waals surface area contributed by atoms with Gasteiger partial charge in [0, 0.05) is 16.3 Å². The molecule has 0 bridgehead atoms. The Morgan fingerprint density at radius 3 is 1.92 bits per heavy atom. The van der Waals surface area contributed by atoms with Crippen molar-refractivity contribution in [3.63, 3.8) is 0 Å². The van der Waals surface area contributed by atoms with Crippen molar-refractivity contribution in [1.82, 2.24) is 0 Å². The number of methoxy groups -OCH3 is 2. The molecule has 36 heavy (non-hydrogen) atoms. The van der Waals surface area contributed by atoms with Crippen LogP contribution in [0.5, 0.6) is 11.5 Å². The molecule has 0 aromatic heterocycles. The average molecular weight is 499 g/mol. The number of anilines is 2. The van der Waals surface area contributed by atoms with Crippen molar-refractivity contribution in [3.05, 3.63) is 114 Å². The number of nitrogens with one attached hydrogen (secondary N) is 2. The summed E-state index contributed by atoms with van der Waals surface area (Å²) in [5.74, 6) is 0.344. The molecule has 4 rings (SSSR count). The number of carbonyl (C=O) groups is 2. The van der Waals surface area contributed by atoms with Gasteiger partial charge in [-0.2, -0.15) is 0 Å². The Labute approximate surface area is 214 Å². The molecular formula is C29H26N2O4S. The Morgan fingerprint density at radius 2 is 1.28 bits per heavy atom. The molecule has 1 atom stereocenters. The second kappa shape index (κ2) is 12.0. The van der Waals surface area contributed by atoms with E-state index in [1.165, 1.54) is 26.0 Å². The first-order valence-electron chi connectivity index (χ1n) is 11.3. The molecule has 0 saturated carbocycles. The molecule has 0 aliphatic rings. The summed E-state index contributed by atoms with van der Waals surface area (Å²) in [6.45, 7) is 0. The fourth-order valence-electron chi connectivity index (χ4n) is 3.68. The molecule has 2 N–H and O–H groups in total. The van der Waals surface area contributed by atoms with Crippen LogP contribution in [0.25, 0.3) is 0 Å². The zero-order valence-electron chi connectivity index (χ0n) is 19.9. The first-order chi connectivity index (χ1) is 17.6. The normalized spacial score (nSPS) is 11.3. The van der Waals surface area contributed by atoms with Gasteiger partial charge in [0.1, 0.15) is 22.3 Å². The lowest BCUT2D eigenvalue weighted by Gasteiger charge is -2.18. The van der Waals surface area contributed by atoms with Crippen LogP contribution in [-0.2, 0) is 4.79 Å². The molecule has 7 heteroatoms. The quantitative estimate of drug-likeness (QED) is 0.260. The molecule has 0 radical (unpaired) electrons. The number of para-hydroxylation sites is 1. The van der Waals surface area contributed by atoms with E-state index in [0.717, 1.165) is 16.1 Å². The van der Waals surface area contributed by atoms with E-state index in [-0.39, 0.29) is 11.8 Å². The number of hydrogen-bond donors (Lipinski definition) is 2. The second-order valence-corrected chi connectivity index (χ2v) is 8.96. The fourth-order valence-corrected chi connectivity index (χ4v) is 4.77. The van der Waals surface area contributed by atoms with Crippen molar-refractivity contribution in [2.75, 3.05) is 24.9 Å². The van der Waals surface area contributed by atoms with Crippen molar-refractivity contribution in [2.45, 2.75) is 10.1 Å². The third-order valence-electron chi connectivity index (χ3n) is 5.38. The van der Waals surface area contributed by atoms with Crippen molar-refractivity contribution >= 4 is 35.0 Å². The topological polar surface area (TPSA) is 76.7 Å². The molecule has 6 nitrogen and oxygen atoms in total. The van der Waals surface area contributed by atoms with Crippen molar-refractivity contribution in [2.24, 2.45) is 0 Å². The van der Waals surface area contributed by atoms with Crippen LogP contribution >= 0.6 is 11.8 Å². The number of rotatable bonds is 9. The van der Waals surface area contributed by atoms with Crippen LogP contribution < -0.4 is 20.1 Å². The van der Waals surface area contributed by atoms with Gasteiger partial charge < -0.3 is 20.1 Å². The molecule has 182 valence electrons. The molecule has 0 saturated heterocycles. The van der Waals surface area contributed by atoms with Crippen LogP contribution in [0.4, 0.5) is 11.4 Å². The van der Waals surface area contributed by atoms with Gasteiger partial charge in [0.05, 0.1) is 14.2 Å². The molecule has 0 aliphatic carbocycles. The number of ether oxygens (including phenoxy) is 2. The Hall–Kier alpha value is -4.23. The summed E-state index contributed by atoms with van der Waals surface area (Å²) in [7, 11) is 3.01. The molecule has 0 aliphatic heterocycles. The molecule has 2 amide bonds. The standard InChI is InChI=1S/C29H26N2O4S/c1-34-24-17-10-18-25(35-2)26(24)28(32)31-22-15-9-16-23(19-22)36-27(20-11-5-3-6-12-20)29(33)30-21-13-7-4-8-14-21/h3-19,27H,1-2H3,(H,30,33)(H,31,32). The molecule has 4 aromatic rings. The number of amides is 2. The van der Waals surface area contributed by atoms with Crippen molar-refractivity contribution in [3.8, 4) is 11.5 Å². The fraction of sp³-hybridized carbons (Fsp3) is 0.103. The van der Waals surface area contributed by atoms with Crippen LogP contribution in [0.15, 0.2) is 108 Å². The van der Waals surface area contributed by atoms with Crippen LogP contribution in [0.1, 0.15) is 21.2 Å². The minimum absolute atomic E-state index is 0.134. The number of thioether (sulfide) groups is 1. The summed E-state index contributed by atoms with van der Waals surface area (Å²) < 4.78 is 10.7. The van der Waals surface area contributed by atoms with Gasteiger partial charge in [-0.25, -0.2) is 0 Å².